The Labute approximate surface area is 169 Å². The Morgan fingerprint density at radius 1 is 1.25 bits per heavy atom. The van der Waals surface area contributed by atoms with Crippen LogP contribution in [0.5, 0.6) is 0 Å². The van der Waals surface area contributed by atoms with E-state index in [0.29, 0.717) is 17.8 Å². The van der Waals surface area contributed by atoms with Gasteiger partial charge >= 0.3 is 0 Å². The molecule has 6 heteroatoms. The molecule has 0 aliphatic carbocycles. The van der Waals surface area contributed by atoms with Crippen molar-refractivity contribution in [2.75, 3.05) is 46.9 Å². The molecule has 1 aromatic carbocycles. The Balaban J connectivity index is 1.79. The van der Waals surface area contributed by atoms with Gasteiger partial charge in [-0.25, -0.2) is 4.99 Å². The first-order valence-corrected chi connectivity index (χ1v) is 10.3. The van der Waals surface area contributed by atoms with Gasteiger partial charge in [0.2, 0.25) is 5.91 Å². The molecule has 28 heavy (non-hydrogen) atoms. The molecule has 0 radical (unpaired) electrons. The second kappa shape index (κ2) is 11.7. The minimum absolute atomic E-state index is 0.00413. The topological polar surface area (TPSA) is 66.0 Å². The van der Waals surface area contributed by atoms with E-state index in [9.17, 15) is 4.79 Å². The van der Waals surface area contributed by atoms with Crippen molar-refractivity contribution in [2.24, 2.45) is 10.9 Å². The van der Waals surface area contributed by atoms with E-state index in [-0.39, 0.29) is 12.5 Å². The van der Waals surface area contributed by atoms with Gasteiger partial charge in [-0.3, -0.25) is 4.79 Å². The fourth-order valence-corrected chi connectivity index (χ4v) is 3.02. The van der Waals surface area contributed by atoms with Gasteiger partial charge in [-0.15, -0.1) is 0 Å². The van der Waals surface area contributed by atoms with Crippen molar-refractivity contribution in [1.29, 1.82) is 0 Å². The van der Waals surface area contributed by atoms with Gasteiger partial charge in [0, 0.05) is 39.7 Å². The maximum atomic E-state index is 11.8. The van der Waals surface area contributed by atoms with Gasteiger partial charge in [0.15, 0.2) is 5.96 Å². The highest BCUT2D eigenvalue weighted by Gasteiger charge is 2.16. The van der Waals surface area contributed by atoms with Gasteiger partial charge in [0.05, 0.1) is 6.61 Å². The van der Waals surface area contributed by atoms with E-state index >= 15 is 0 Å². The van der Waals surface area contributed by atoms with Crippen molar-refractivity contribution in [2.45, 2.75) is 39.0 Å². The summed E-state index contributed by atoms with van der Waals surface area (Å²) < 4.78 is 5.43. The summed E-state index contributed by atoms with van der Waals surface area (Å²) in [5.74, 6) is 1.78. The maximum Gasteiger partial charge on any atom is 0.243 e. The van der Waals surface area contributed by atoms with Gasteiger partial charge in [-0.2, -0.15) is 0 Å². The first-order valence-electron chi connectivity index (χ1n) is 10.3. The number of nitrogens with zero attached hydrogens (tertiary/aromatic N) is 2. The molecule has 156 valence electrons. The molecule has 1 unspecified atom stereocenters. The quantitative estimate of drug-likeness (QED) is 0.387. The predicted molar refractivity (Wildman–Crippen MR) is 115 cm³/mol. The Hall–Kier alpha value is -2.08. The average molecular weight is 389 g/mol. The van der Waals surface area contributed by atoms with Crippen molar-refractivity contribution in [3.05, 3.63) is 35.4 Å². The fourth-order valence-electron chi connectivity index (χ4n) is 3.02. The molecule has 6 nitrogen and oxygen atoms in total. The van der Waals surface area contributed by atoms with E-state index in [2.05, 4.69) is 53.7 Å². The number of guanidine groups is 1. The molecule has 1 saturated heterocycles. The summed E-state index contributed by atoms with van der Waals surface area (Å²) in [5, 5.41) is 6.73. The zero-order valence-electron chi connectivity index (χ0n) is 17.8. The monoisotopic (exact) mass is 388 g/mol. The van der Waals surface area contributed by atoms with Gasteiger partial charge < -0.3 is 20.3 Å². The molecule has 1 amide bonds. The van der Waals surface area contributed by atoms with Crippen LogP contribution in [0.3, 0.4) is 0 Å². The molecule has 1 aliphatic heterocycles. The van der Waals surface area contributed by atoms with E-state index in [1.165, 1.54) is 11.1 Å². The van der Waals surface area contributed by atoms with Gasteiger partial charge in [-0.05, 0) is 36.3 Å². The Morgan fingerprint density at radius 2 is 2.00 bits per heavy atom. The number of carbonyl (C=O) groups excluding carboxylic acids is 1. The van der Waals surface area contributed by atoms with Crippen LogP contribution < -0.4 is 10.6 Å². The highest BCUT2D eigenvalue weighted by Crippen LogP contribution is 2.15. The van der Waals surface area contributed by atoms with Crippen LogP contribution in [0.1, 0.15) is 43.7 Å². The van der Waals surface area contributed by atoms with E-state index < -0.39 is 0 Å². The van der Waals surface area contributed by atoms with E-state index in [4.69, 9.17) is 4.74 Å². The van der Waals surface area contributed by atoms with E-state index in [0.717, 1.165) is 45.6 Å². The molecule has 1 aliphatic rings. The standard InChI is InChI=1S/C22H36N4O2/c1-17(2)20-9-7-18(8-10-20)6-5-12-23-22(25-15-21(27)26(3)4)24-14-19-11-13-28-16-19/h7-10,17,19H,5-6,11-16H2,1-4H3,(H2,23,24,25). The van der Waals surface area contributed by atoms with Crippen molar-refractivity contribution in [3.8, 4) is 0 Å². The third kappa shape index (κ3) is 7.89. The predicted octanol–water partition coefficient (Wildman–Crippen LogP) is 2.40. The normalized spacial score (nSPS) is 17.0. The molecular formula is C22H36N4O2. The van der Waals surface area contributed by atoms with Crippen LogP contribution in [0.4, 0.5) is 0 Å². The molecule has 1 atom stereocenters. The van der Waals surface area contributed by atoms with E-state index in [1.54, 1.807) is 19.0 Å². The van der Waals surface area contributed by atoms with Crippen LogP contribution in [-0.2, 0) is 16.0 Å². The summed E-state index contributed by atoms with van der Waals surface area (Å²) in [5.41, 5.74) is 2.73. The highest BCUT2D eigenvalue weighted by atomic mass is 16.5. The summed E-state index contributed by atoms with van der Waals surface area (Å²) in [6.45, 7) is 7.84. The molecule has 1 heterocycles. The molecule has 2 N–H and O–H groups in total. The summed E-state index contributed by atoms with van der Waals surface area (Å²) in [4.78, 5) is 17.8. The molecule has 0 saturated carbocycles. The van der Waals surface area contributed by atoms with Crippen molar-refractivity contribution in [1.82, 2.24) is 15.5 Å². The minimum atomic E-state index is -0.00413. The van der Waals surface area contributed by atoms with Crippen LogP contribution in [-0.4, -0.2) is 63.7 Å². The number of aryl methyl sites for hydroxylation is 1. The molecular weight excluding hydrogens is 352 g/mol. The van der Waals surface area contributed by atoms with Crippen molar-refractivity contribution in [3.63, 3.8) is 0 Å². The van der Waals surface area contributed by atoms with Gasteiger partial charge in [-0.1, -0.05) is 38.1 Å². The lowest BCUT2D eigenvalue weighted by atomic mass is 10.0. The van der Waals surface area contributed by atoms with Crippen LogP contribution in [0.15, 0.2) is 29.3 Å². The maximum absolute atomic E-state index is 11.8. The second-order valence-corrected chi connectivity index (χ2v) is 7.99. The SMILES string of the molecule is CC(C)c1ccc(CCCNC(=NCC(=O)N(C)C)NCC2CCOC2)cc1. The van der Waals surface area contributed by atoms with Crippen molar-refractivity contribution >= 4 is 11.9 Å². The number of rotatable bonds is 9. The lowest BCUT2D eigenvalue weighted by Gasteiger charge is -2.16. The Bertz CT molecular complexity index is 620. The fraction of sp³-hybridized carbons (Fsp3) is 0.636. The number of likely N-dealkylation sites (N-methyl/N-ethyl adjacent to an activating group) is 1. The van der Waals surface area contributed by atoms with Crippen molar-refractivity contribution < 1.29 is 9.53 Å². The zero-order chi connectivity index (χ0) is 20.4. The molecule has 2 rings (SSSR count). The molecule has 0 bridgehead atoms. The lowest BCUT2D eigenvalue weighted by molar-refractivity contribution is -0.127. The number of aliphatic imine (C=N–C) groups is 1. The first kappa shape index (κ1) is 22.2. The molecule has 1 aromatic rings. The number of benzene rings is 1. The average Bonchev–Trinajstić information content (AvgIpc) is 3.20. The van der Waals surface area contributed by atoms with Crippen LogP contribution in [0, 0.1) is 5.92 Å². The highest BCUT2D eigenvalue weighted by molar-refractivity contribution is 5.84. The number of nitrogens with one attached hydrogen (secondary N) is 2. The number of carbonyl (C=O) groups is 1. The van der Waals surface area contributed by atoms with Gasteiger partial charge in [0.25, 0.3) is 0 Å². The number of ether oxygens (including phenoxy) is 1. The second-order valence-electron chi connectivity index (χ2n) is 7.99. The minimum Gasteiger partial charge on any atom is -0.381 e. The zero-order valence-corrected chi connectivity index (χ0v) is 17.8. The first-order chi connectivity index (χ1) is 13.5. The third-order valence-corrected chi connectivity index (χ3v) is 5.03. The number of hydrogen-bond acceptors (Lipinski definition) is 3. The Kier molecular flexibility index (Phi) is 9.28. The number of amides is 1. The van der Waals surface area contributed by atoms with Crippen LogP contribution in [0.25, 0.3) is 0 Å². The lowest BCUT2D eigenvalue weighted by Crippen LogP contribution is -2.41. The summed E-state index contributed by atoms with van der Waals surface area (Å²) in [6, 6.07) is 8.88. The van der Waals surface area contributed by atoms with Crippen LogP contribution in [0.2, 0.25) is 0 Å². The van der Waals surface area contributed by atoms with E-state index in [1.807, 2.05) is 0 Å². The Morgan fingerprint density at radius 3 is 2.61 bits per heavy atom. The third-order valence-electron chi connectivity index (χ3n) is 5.03. The molecule has 0 aromatic heterocycles. The molecule has 0 spiro atoms. The summed E-state index contributed by atoms with van der Waals surface area (Å²) in [7, 11) is 3.50. The smallest absolute Gasteiger partial charge is 0.243 e. The van der Waals surface area contributed by atoms with Crippen LogP contribution >= 0.6 is 0 Å². The summed E-state index contributed by atoms with van der Waals surface area (Å²) >= 11 is 0. The summed E-state index contributed by atoms with van der Waals surface area (Å²) in [6.07, 6.45) is 3.10. The number of hydrogen-bond donors (Lipinski definition) is 2. The largest absolute Gasteiger partial charge is 0.381 e. The van der Waals surface area contributed by atoms with Gasteiger partial charge in [0.1, 0.15) is 6.54 Å². The molecule has 1 fully saturated rings.